The molecule has 1 aliphatic rings. The number of nitrogens with one attached hydrogen (secondary N) is 2. The maximum absolute atomic E-state index is 14.0. The molecule has 1 saturated heterocycles. The first-order valence-electron chi connectivity index (χ1n) is 9.38. The van der Waals surface area contributed by atoms with Gasteiger partial charge in [0.2, 0.25) is 5.91 Å². The zero-order valence-corrected chi connectivity index (χ0v) is 15.6. The molecule has 0 saturated carbocycles. The molecule has 148 valence electrons. The van der Waals surface area contributed by atoms with Gasteiger partial charge in [-0.1, -0.05) is 12.1 Å². The quantitative estimate of drug-likeness (QED) is 0.673. The van der Waals surface area contributed by atoms with Gasteiger partial charge in [-0.3, -0.25) is 19.7 Å². The molecule has 1 aliphatic heterocycles. The van der Waals surface area contributed by atoms with E-state index in [2.05, 4.69) is 20.5 Å². The van der Waals surface area contributed by atoms with Crippen molar-refractivity contribution in [2.24, 2.45) is 0 Å². The third kappa shape index (κ3) is 4.31. The van der Waals surface area contributed by atoms with Crippen molar-refractivity contribution >= 4 is 11.8 Å². The van der Waals surface area contributed by atoms with Crippen molar-refractivity contribution in [1.82, 2.24) is 25.4 Å². The second-order valence-electron chi connectivity index (χ2n) is 6.99. The second-order valence-corrected chi connectivity index (χ2v) is 6.99. The topological polar surface area (TPSA) is 91.0 Å². The maximum Gasteiger partial charge on any atom is 0.272 e. The second kappa shape index (κ2) is 8.22. The first-order valence-corrected chi connectivity index (χ1v) is 9.38. The van der Waals surface area contributed by atoms with Crippen molar-refractivity contribution < 1.29 is 14.0 Å². The summed E-state index contributed by atoms with van der Waals surface area (Å²) in [6, 6.07) is 11.4. The van der Waals surface area contributed by atoms with Crippen LogP contribution >= 0.6 is 0 Å². The van der Waals surface area contributed by atoms with Crippen LogP contribution < -0.4 is 5.32 Å². The fourth-order valence-electron chi connectivity index (χ4n) is 3.42. The number of benzene rings is 1. The van der Waals surface area contributed by atoms with Gasteiger partial charge in [-0.25, -0.2) is 4.39 Å². The molecule has 2 amide bonds. The van der Waals surface area contributed by atoms with Crippen LogP contribution in [0.3, 0.4) is 0 Å². The number of pyridine rings is 1. The van der Waals surface area contributed by atoms with Crippen LogP contribution in [0.15, 0.2) is 54.9 Å². The molecule has 3 heterocycles. The van der Waals surface area contributed by atoms with Crippen molar-refractivity contribution in [2.45, 2.75) is 25.4 Å². The largest absolute Gasteiger partial charge is 0.352 e. The minimum atomic E-state index is -0.402. The summed E-state index contributed by atoms with van der Waals surface area (Å²) in [7, 11) is 0. The molecule has 1 atom stereocenters. The summed E-state index contributed by atoms with van der Waals surface area (Å²) in [5.74, 6) is -0.673. The van der Waals surface area contributed by atoms with Crippen molar-refractivity contribution in [3.05, 3.63) is 71.9 Å². The zero-order valence-electron chi connectivity index (χ0n) is 15.6. The maximum atomic E-state index is 14.0. The van der Waals surface area contributed by atoms with Gasteiger partial charge in [0.1, 0.15) is 11.5 Å². The summed E-state index contributed by atoms with van der Waals surface area (Å²) < 4.78 is 14.0. The highest BCUT2D eigenvalue weighted by Gasteiger charge is 2.27. The molecule has 3 aromatic rings. The Hall–Kier alpha value is -3.55. The molecule has 0 bridgehead atoms. The summed E-state index contributed by atoms with van der Waals surface area (Å²) in [5.41, 5.74) is 1.88. The van der Waals surface area contributed by atoms with E-state index >= 15 is 0 Å². The van der Waals surface area contributed by atoms with Crippen LogP contribution in [0.5, 0.6) is 0 Å². The van der Waals surface area contributed by atoms with Gasteiger partial charge in [0.25, 0.3) is 5.91 Å². The van der Waals surface area contributed by atoms with E-state index in [0.29, 0.717) is 37.2 Å². The van der Waals surface area contributed by atoms with E-state index in [1.165, 1.54) is 6.07 Å². The summed E-state index contributed by atoms with van der Waals surface area (Å²) in [4.78, 5) is 30.4. The molecule has 0 unspecified atom stereocenters. The Bertz CT molecular complexity index is 1020. The van der Waals surface area contributed by atoms with Crippen LogP contribution in [0, 0.1) is 5.82 Å². The van der Waals surface area contributed by atoms with E-state index in [9.17, 15) is 14.0 Å². The molecule has 0 radical (unpaired) electrons. The predicted octanol–water partition coefficient (Wildman–Crippen LogP) is 2.53. The fraction of sp³-hybridized carbons (Fsp3) is 0.238. The highest BCUT2D eigenvalue weighted by atomic mass is 19.1. The molecule has 1 fully saturated rings. The van der Waals surface area contributed by atoms with Gasteiger partial charge in [-0.2, -0.15) is 5.10 Å². The number of H-pyrrole nitrogens is 1. The molecule has 29 heavy (non-hydrogen) atoms. The zero-order chi connectivity index (χ0) is 20.2. The van der Waals surface area contributed by atoms with Crippen LogP contribution in [0.2, 0.25) is 0 Å². The first-order chi connectivity index (χ1) is 14.1. The minimum absolute atomic E-state index is 0.00492. The molecule has 7 nitrogen and oxygen atoms in total. The number of hydrogen-bond donors (Lipinski definition) is 2. The molecule has 0 aliphatic carbocycles. The van der Waals surface area contributed by atoms with E-state index in [-0.39, 0.29) is 23.6 Å². The average Bonchev–Trinajstić information content (AvgIpc) is 3.37. The Kier molecular flexibility index (Phi) is 5.33. The molecule has 1 aromatic carbocycles. The molecule has 2 N–H and O–H groups in total. The van der Waals surface area contributed by atoms with Crippen LogP contribution in [0.1, 0.15) is 28.9 Å². The van der Waals surface area contributed by atoms with Gasteiger partial charge in [-0.05, 0) is 42.3 Å². The Morgan fingerprint density at radius 2 is 2.00 bits per heavy atom. The highest BCUT2D eigenvalue weighted by Crippen LogP contribution is 2.22. The molecule has 0 spiro atoms. The predicted molar refractivity (Wildman–Crippen MR) is 104 cm³/mol. The van der Waals surface area contributed by atoms with Gasteiger partial charge >= 0.3 is 0 Å². The Balaban J connectivity index is 1.57. The van der Waals surface area contributed by atoms with Crippen molar-refractivity contribution in [3.63, 3.8) is 0 Å². The number of rotatable bonds is 6. The molecule has 8 heteroatoms. The third-order valence-corrected chi connectivity index (χ3v) is 4.89. The van der Waals surface area contributed by atoms with Crippen molar-refractivity contribution in [3.8, 4) is 11.3 Å². The van der Waals surface area contributed by atoms with Crippen molar-refractivity contribution in [2.75, 3.05) is 6.54 Å². The Morgan fingerprint density at radius 3 is 2.72 bits per heavy atom. The summed E-state index contributed by atoms with van der Waals surface area (Å²) in [6.45, 7) is 0.739. The van der Waals surface area contributed by atoms with Gasteiger partial charge in [-0.15, -0.1) is 0 Å². The lowest BCUT2D eigenvalue weighted by atomic mass is 10.1. The number of nitrogens with zero attached hydrogens (tertiary/aromatic N) is 3. The number of carbonyl (C=O) groups excluding carboxylic acids is 2. The molecule has 4 rings (SSSR count). The standard InChI is InChI=1S/C21H20FN5O2/c22-17-4-2-1-3-16(17)18-11-19(26-25-18)21(29)27(12-14-7-9-23-10-8-14)13-15-5-6-20(28)24-15/h1-4,7-11,15H,5-6,12-13H2,(H,24,28)(H,25,26)/t15-/m0/s1. The van der Waals surface area contributed by atoms with E-state index in [4.69, 9.17) is 0 Å². The Morgan fingerprint density at radius 1 is 1.21 bits per heavy atom. The number of hydrogen-bond acceptors (Lipinski definition) is 4. The lowest BCUT2D eigenvalue weighted by Crippen LogP contribution is -2.41. The van der Waals surface area contributed by atoms with Crippen molar-refractivity contribution in [1.29, 1.82) is 0 Å². The van der Waals surface area contributed by atoms with Crippen LogP contribution in [0.4, 0.5) is 4.39 Å². The lowest BCUT2D eigenvalue weighted by Gasteiger charge is -2.25. The lowest BCUT2D eigenvalue weighted by molar-refractivity contribution is -0.119. The van der Waals surface area contributed by atoms with E-state index < -0.39 is 5.82 Å². The average molecular weight is 393 g/mol. The normalized spacial score (nSPS) is 15.9. The number of aromatic nitrogens is 3. The Labute approximate surface area is 167 Å². The fourth-order valence-corrected chi connectivity index (χ4v) is 3.42. The van der Waals surface area contributed by atoms with Gasteiger partial charge in [0, 0.05) is 43.5 Å². The van der Waals surface area contributed by atoms with E-state index in [0.717, 1.165) is 5.56 Å². The summed E-state index contributed by atoms with van der Waals surface area (Å²) in [5, 5.41) is 9.73. The number of aromatic amines is 1. The molecular formula is C21H20FN5O2. The van der Waals surface area contributed by atoms with Crippen LogP contribution in [0.25, 0.3) is 11.3 Å². The summed E-state index contributed by atoms with van der Waals surface area (Å²) in [6.07, 6.45) is 4.48. The van der Waals surface area contributed by atoms with Crippen LogP contribution in [-0.2, 0) is 11.3 Å². The van der Waals surface area contributed by atoms with E-state index in [1.807, 2.05) is 12.1 Å². The molecular weight excluding hydrogens is 373 g/mol. The van der Waals surface area contributed by atoms with Gasteiger partial charge < -0.3 is 10.2 Å². The number of amides is 2. The number of halogens is 1. The SMILES string of the molecule is O=C1CC[C@@H](CN(Cc2ccncc2)C(=O)c2cc(-c3ccccc3F)n[nH]2)N1. The minimum Gasteiger partial charge on any atom is -0.352 e. The third-order valence-electron chi connectivity index (χ3n) is 4.89. The number of carbonyl (C=O) groups is 2. The molecule has 2 aromatic heterocycles. The monoisotopic (exact) mass is 393 g/mol. The van der Waals surface area contributed by atoms with Crippen LogP contribution in [-0.4, -0.2) is 44.5 Å². The highest BCUT2D eigenvalue weighted by molar-refractivity contribution is 5.93. The van der Waals surface area contributed by atoms with E-state index in [1.54, 1.807) is 41.6 Å². The van der Waals surface area contributed by atoms with Gasteiger partial charge in [0.05, 0.1) is 5.69 Å². The summed E-state index contributed by atoms with van der Waals surface area (Å²) >= 11 is 0. The smallest absolute Gasteiger partial charge is 0.272 e. The first kappa shape index (κ1) is 18.8. The van der Waals surface area contributed by atoms with Gasteiger partial charge in [0.15, 0.2) is 0 Å².